The zero-order valence-corrected chi connectivity index (χ0v) is 19.6. The van der Waals surface area contributed by atoms with E-state index in [4.69, 9.17) is 5.26 Å². The van der Waals surface area contributed by atoms with E-state index in [-0.39, 0.29) is 16.8 Å². The highest BCUT2D eigenvalue weighted by atomic mass is 32.2. The average molecular weight is 454 g/mol. The number of rotatable bonds is 8. The predicted octanol–water partition coefficient (Wildman–Crippen LogP) is 4.56. The lowest BCUT2D eigenvalue weighted by atomic mass is 9.96. The fraction of sp³-hybridized carbons (Fsp3) is 0.440. The van der Waals surface area contributed by atoms with E-state index in [2.05, 4.69) is 6.07 Å². The van der Waals surface area contributed by atoms with Crippen LogP contribution in [0.4, 0.5) is 0 Å². The van der Waals surface area contributed by atoms with Gasteiger partial charge in [0.2, 0.25) is 10.0 Å². The molecule has 6 nitrogen and oxygen atoms in total. The minimum atomic E-state index is -3.67. The summed E-state index contributed by atoms with van der Waals surface area (Å²) in [7, 11) is -2.02. The van der Waals surface area contributed by atoms with E-state index in [1.165, 1.54) is 10.4 Å². The standard InChI is InChI=1S/C25H31N3O3S/c1-3-16-28(19-21-14-12-20(18-26)13-15-21)25(29)22-8-7-11-24(17-22)32(30,31)27(2)23-9-5-4-6-10-23/h7-8,11-15,17,23H,3-6,9-10,16,19H2,1-2H3. The molecule has 1 amide bonds. The molecule has 0 saturated heterocycles. The SMILES string of the molecule is CCCN(Cc1ccc(C#N)cc1)C(=O)c1cccc(S(=O)(=O)N(C)C2CCCCC2)c1. The quantitative estimate of drug-likeness (QED) is 0.587. The Morgan fingerprint density at radius 2 is 1.78 bits per heavy atom. The van der Waals surface area contributed by atoms with Crippen LogP contribution < -0.4 is 0 Å². The zero-order valence-electron chi connectivity index (χ0n) is 18.8. The molecule has 3 rings (SSSR count). The lowest BCUT2D eigenvalue weighted by Crippen LogP contribution is -2.38. The normalized spacial score (nSPS) is 14.8. The van der Waals surface area contributed by atoms with Gasteiger partial charge in [-0.25, -0.2) is 8.42 Å². The van der Waals surface area contributed by atoms with Crippen LogP contribution in [0.2, 0.25) is 0 Å². The Kier molecular flexibility index (Phi) is 8.05. The van der Waals surface area contributed by atoms with Crippen molar-refractivity contribution in [3.63, 3.8) is 0 Å². The van der Waals surface area contributed by atoms with Crippen molar-refractivity contribution in [3.8, 4) is 6.07 Å². The van der Waals surface area contributed by atoms with Crippen LogP contribution in [0.3, 0.4) is 0 Å². The Labute approximate surface area is 191 Å². The molecule has 1 aliphatic rings. The number of hydrogen-bond donors (Lipinski definition) is 0. The van der Waals surface area contributed by atoms with Gasteiger partial charge in [-0.3, -0.25) is 4.79 Å². The van der Waals surface area contributed by atoms with Crippen LogP contribution in [0.1, 0.15) is 66.9 Å². The molecule has 0 bridgehead atoms. The van der Waals surface area contributed by atoms with Gasteiger partial charge in [0, 0.05) is 31.7 Å². The monoisotopic (exact) mass is 453 g/mol. The number of nitriles is 1. The molecule has 32 heavy (non-hydrogen) atoms. The Balaban J connectivity index is 1.82. The summed E-state index contributed by atoms with van der Waals surface area (Å²) in [5.74, 6) is -0.200. The van der Waals surface area contributed by atoms with Crippen molar-refractivity contribution in [2.45, 2.75) is 62.9 Å². The van der Waals surface area contributed by atoms with Crippen molar-refractivity contribution in [3.05, 3.63) is 65.2 Å². The minimum Gasteiger partial charge on any atom is -0.334 e. The van der Waals surface area contributed by atoms with Crippen molar-refractivity contribution >= 4 is 15.9 Å². The van der Waals surface area contributed by atoms with E-state index in [1.807, 2.05) is 19.1 Å². The summed E-state index contributed by atoms with van der Waals surface area (Å²) >= 11 is 0. The van der Waals surface area contributed by atoms with Crippen molar-refractivity contribution < 1.29 is 13.2 Å². The summed E-state index contributed by atoms with van der Waals surface area (Å²) in [6.45, 7) is 2.95. The Morgan fingerprint density at radius 1 is 1.09 bits per heavy atom. The second-order valence-corrected chi connectivity index (χ2v) is 10.4. The maximum atomic E-state index is 13.3. The molecule has 1 saturated carbocycles. The Hall–Kier alpha value is -2.69. The first kappa shape index (κ1) is 24.0. The number of carbonyl (C=O) groups excluding carboxylic acids is 1. The van der Waals surface area contributed by atoms with Crippen molar-refractivity contribution in [1.82, 2.24) is 9.21 Å². The minimum absolute atomic E-state index is 0.0149. The highest BCUT2D eigenvalue weighted by Crippen LogP contribution is 2.27. The van der Waals surface area contributed by atoms with E-state index in [1.54, 1.807) is 42.3 Å². The second kappa shape index (κ2) is 10.8. The number of sulfonamides is 1. The largest absolute Gasteiger partial charge is 0.334 e. The smallest absolute Gasteiger partial charge is 0.254 e. The average Bonchev–Trinajstić information content (AvgIpc) is 2.84. The fourth-order valence-corrected chi connectivity index (χ4v) is 5.67. The van der Waals surface area contributed by atoms with Crippen LogP contribution >= 0.6 is 0 Å². The van der Waals surface area contributed by atoms with Crippen LogP contribution in [0.15, 0.2) is 53.4 Å². The number of amides is 1. The van der Waals surface area contributed by atoms with Crippen molar-refractivity contribution in [2.24, 2.45) is 0 Å². The molecule has 0 atom stereocenters. The lowest BCUT2D eigenvalue weighted by molar-refractivity contribution is 0.0743. The molecule has 0 N–H and O–H groups in total. The third-order valence-corrected chi connectivity index (χ3v) is 7.99. The van der Waals surface area contributed by atoms with Gasteiger partial charge in [-0.05, 0) is 55.2 Å². The number of benzene rings is 2. The van der Waals surface area contributed by atoms with Gasteiger partial charge in [-0.2, -0.15) is 9.57 Å². The first-order chi connectivity index (χ1) is 15.4. The van der Waals surface area contributed by atoms with E-state index in [9.17, 15) is 13.2 Å². The molecular formula is C25H31N3O3S. The van der Waals surface area contributed by atoms with Gasteiger partial charge in [-0.1, -0.05) is 44.4 Å². The first-order valence-corrected chi connectivity index (χ1v) is 12.7. The highest BCUT2D eigenvalue weighted by Gasteiger charge is 2.29. The molecule has 0 heterocycles. The fourth-order valence-electron chi connectivity index (χ4n) is 4.21. The number of hydrogen-bond acceptors (Lipinski definition) is 4. The molecule has 7 heteroatoms. The molecule has 0 unspecified atom stereocenters. The van der Waals surface area contributed by atoms with Gasteiger partial charge >= 0.3 is 0 Å². The number of nitrogens with zero attached hydrogens (tertiary/aromatic N) is 3. The highest BCUT2D eigenvalue weighted by molar-refractivity contribution is 7.89. The molecule has 1 fully saturated rings. The second-order valence-electron chi connectivity index (χ2n) is 8.38. The van der Waals surface area contributed by atoms with Gasteiger partial charge in [0.15, 0.2) is 0 Å². The molecule has 170 valence electrons. The van der Waals surface area contributed by atoms with E-state index >= 15 is 0 Å². The predicted molar refractivity (Wildman–Crippen MR) is 124 cm³/mol. The van der Waals surface area contributed by atoms with Gasteiger partial charge in [-0.15, -0.1) is 0 Å². The van der Waals surface area contributed by atoms with Gasteiger partial charge in [0.05, 0.1) is 16.5 Å². The van der Waals surface area contributed by atoms with Crippen LogP contribution in [0.5, 0.6) is 0 Å². The Bertz CT molecular complexity index is 1070. The van der Waals surface area contributed by atoms with Gasteiger partial charge in [0.25, 0.3) is 5.91 Å². The zero-order chi connectivity index (χ0) is 23.1. The van der Waals surface area contributed by atoms with Gasteiger partial charge < -0.3 is 4.90 Å². The van der Waals surface area contributed by atoms with Crippen LogP contribution in [-0.2, 0) is 16.6 Å². The molecule has 2 aromatic rings. The van der Waals surface area contributed by atoms with Crippen molar-refractivity contribution in [1.29, 1.82) is 5.26 Å². The molecule has 2 aromatic carbocycles. The summed E-state index contributed by atoms with van der Waals surface area (Å²) in [4.78, 5) is 15.2. The summed E-state index contributed by atoms with van der Waals surface area (Å²) in [6.07, 6.45) is 5.78. The summed E-state index contributed by atoms with van der Waals surface area (Å²) < 4.78 is 27.9. The summed E-state index contributed by atoms with van der Waals surface area (Å²) in [6, 6.07) is 15.6. The lowest BCUT2D eigenvalue weighted by Gasteiger charge is -2.30. The maximum Gasteiger partial charge on any atom is 0.254 e. The van der Waals surface area contributed by atoms with Crippen LogP contribution in [0.25, 0.3) is 0 Å². The molecular weight excluding hydrogens is 422 g/mol. The molecule has 0 radical (unpaired) electrons. The van der Waals surface area contributed by atoms with Crippen LogP contribution in [0, 0.1) is 11.3 Å². The van der Waals surface area contributed by atoms with E-state index in [0.29, 0.717) is 24.2 Å². The maximum absolute atomic E-state index is 13.3. The van der Waals surface area contributed by atoms with E-state index in [0.717, 1.165) is 44.1 Å². The summed E-state index contributed by atoms with van der Waals surface area (Å²) in [5, 5.41) is 8.98. The molecule has 0 spiro atoms. The molecule has 1 aliphatic carbocycles. The molecule has 0 aromatic heterocycles. The third kappa shape index (κ3) is 5.56. The van der Waals surface area contributed by atoms with Crippen LogP contribution in [-0.4, -0.2) is 43.2 Å². The van der Waals surface area contributed by atoms with Gasteiger partial charge in [0.1, 0.15) is 0 Å². The first-order valence-electron chi connectivity index (χ1n) is 11.2. The topological polar surface area (TPSA) is 81.5 Å². The molecule has 0 aliphatic heterocycles. The summed E-state index contributed by atoms with van der Waals surface area (Å²) in [5.41, 5.74) is 1.86. The number of carbonyl (C=O) groups is 1. The van der Waals surface area contributed by atoms with Crippen molar-refractivity contribution in [2.75, 3.05) is 13.6 Å². The third-order valence-electron chi connectivity index (χ3n) is 6.08. The van der Waals surface area contributed by atoms with E-state index < -0.39 is 10.0 Å². The Morgan fingerprint density at radius 3 is 2.41 bits per heavy atom.